The molecule has 1 aromatic heterocycles. The maximum atomic E-state index is 9.99. The maximum Gasteiger partial charge on any atom is 0.191 e. The molecule has 0 atom stereocenters. The fourth-order valence-electron chi connectivity index (χ4n) is 1.99. The molecule has 4 nitrogen and oxygen atoms in total. The summed E-state index contributed by atoms with van der Waals surface area (Å²) in [6, 6.07) is 4.21. The molecule has 1 aliphatic carbocycles. The van der Waals surface area contributed by atoms with Crippen LogP contribution in [0.25, 0.3) is 0 Å². The molecule has 0 aliphatic heterocycles. The molecule has 19 heavy (non-hydrogen) atoms. The SMILES string of the molecule is CN=C(NCCc1cccs1)NCC1(O)CCC1.I. The molecule has 2 rings (SSSR count). The van der Waals surface area contributed by atoms with E-state index in [9.17, 15) is 5.11 Å². The van der Waals surface area contributed by atoms with E-state index in [-0.39, 0.29) is 24.0 Å². The number of halogens is 1. The normalized spacial score (nSPS) is 17.3. The lowest BCUT2D eigenvalue weighted by Crippen LogP contribution is -2.50. The highest BCUT2D eigenvalue weighted by Gasteiger charge is 2.34. The predicted molar refractivity (Wildman–Crippen MR) is 91.6 cm³/mol. The van der Waals surface area contributed by atoms with Crippen molar-refractivity contribution < 1.29 is 5.11 Å². The van der Waals surface area contributed by atoms with Gasteiger partial charge < -0.3 is 15.7 Å². The van der Waals surface area contributed by atoms with Gasteiger partial charge in [-0.2, -0.15) is 0 Å². The summed E-state index contributed by atoms with van der Waals surface area (Å²) >= 11 is 1.77. The predicted octanol–water partition coefficient (Wildman–Crippen LogP) is 1.99. The number of aliphatic hydroxyl groups is 1. The van der Waals surface area contributed by atoms with Crippen LogP contribution in [-0.2, 0) is 6.42 Å². The van der Waals surface area contributed by atoms with Gasteiger partial charge in [0.25, 0.3) is 0 Å². The Kier molecular flexibility index (Phi) is 7.09. The van der Waals surface area contributed by atoms with Gasteiger partial charge in [-0.1, -0.05) is 6.07 Å². The van der Waals surface area contributed by atoms with Gasteiger partial charge in [0, 0.05) is 25.0 Å². The fourth-order valence-corrected chi connectivity index (χ4v) is 2.70. The minimum Gasteiger partial charge on any atom is -0.388 e. The Morgan fingerprint density at radius 3 is 2.79 bits per heavy atom. The number of nitrogens with zero attached hydrogens (tertiary/aromatic N) is 1. The van der Waals surface area contributed by atoms with Crippen LogP contribution >= 0.6 is 35.3 Å². The van der Waals surface area contributed by atoms with Gasteiger partial charge in [0.2, 0.25) is 0 Å². The van der Waals surface area contributed by atoms with Gasteiger partial charge in [-0.25, -0.2) is 0 Å². The van der Waals surface area contributed by atoms with Crippen molar-refractivity contribution in [2.24, 2.45) is 4.99 Å². The van der Waals surface area contributed by atoms with Crippen LogP contribution in [0.1, 0.15) is 24.1 Å². The van der Waals surface area contributed by atoms with Crippen LogP contribution in [0, 0.1) is 0 Å². The topological polar surface area (TPSA) is 56.7 Å². The van der Waals surface area contributed by atoms with E-state index in [1.165, 1.54) is 4.88 Å². The molecular weight excluding hydrogens is 373 g/mol. The highest BCUT2D eigenvalue weighted by molar-refractivity contribution is 14.0. The minimum atomic E-state index is -0.509. The molecule has 0 spiro atoms. The summed E-state index contributed by atoms with van der Waals surface area (Å²) in [6.45, 7) is 1.45. The first kappa shape index (κ1) is 16.7. The zero-order valence-electron chi connectivity index (χ0n) is 11.2. The summed E-state index contributed by atoms with van der Waals surface area (Å²) in [6.07, 6.45) is 3.92. The van der Waals surface area contributed by atoms with Crippen LogP contribution in [0.2, 0.25) is 0 Å². The Hall–Kier alpha value is -0.340. The van der Waals surface area contributed by atoms with Gasteiger partial charge in [0.15, 0.2) is 5.96 Å². The maximum absolute atomic E-state index is 9.99. The summed E-state index contributed by atoms with van der Waals surface area (Å²) < 4.78 is 0. The Balaban J connectivity index is 0.00000180. The monoisotopic (exact) mass is 395 g/mol. The summed E-state index contributed by atoms with van der Waals surface area (Å²) in [5.41, 5.74) is -0.509. The number of nitrogens with one attached hydrogen (secondary N) is 2. The molecule has 1 aromatic rings. The number of aliphatic imine (C=N–C) groups is 1. The Morgan fingerprint density at radius 2 is 2.26 bits per heavy atom. The largest absolute Gasteiger partial charge is 0.388 e. The van der Waals surface area contributed by atoms with Crippen LogP contribution in [0.5, 0.6) is 0 Å². The smallest absolute Gasteiger partial charge is 0.191 e. The van der Waals surface area contributed by atoms with E-state index in [0.717, 1.165) is 38.2 Å². The molecule has 0 unspecified atom stereocenters. The van der Waals surface area contributed by atoms with Crippen molar-refractivity contribution in [2.75, 3.05) is 20.1 Å². The molecular formula is C13H22IN3OS. The van der Waals surface area contributed by atoms with Crippen molar-refractivity contribution in [3.05, 3.63) is 22.4 Å². The third-order valence-corrected chi connectivity index (χ3v) is 4.27. The number of hydrogen-bond acceptors (Lipinski definition) is 3. The van der Waals surface area contributed by atoms with E-state index in [2.05, 4.69) is 33.1 Å². The summed E-state index contributed by atoms with van der Waals surface area (Å²) in [4.78, 5) is 5.53. The summed E-state index contributed by atoms with van der Waals surface area (Å²) in [7, 11) is 1.76. The van der Waals surface area contributed by atoms with E-state index in [4.69, 9.17) is 0 Å². The zero-order chi connectivity index (χ0) is 12.8. The van der Waals surface area contributed by atoms with E-state index in [1.54, 1.807) is 18.4 Å². The summed E-state index contributed by atoms with van der Waals surface area (Å²) in [5.74, 6) is 0.770. The minimum absolute atomic E-state index is 0. The molecule has 1 aliphatic rings. The third kappa shape index (κ3) is 5.27. The van der Waals surface area contributed by atoms with Crippen molar-refractivity contribution in [1.29, 1.82) is 0 Å². The van der Waals surface area contributed by atoms with Crippen LogP contribution in [0.3, 0.4) is 0 Å². The first-order chi connectivity index (χ1) is 8.72. The lowest BCUT2D eigenvalue weighted by Gasteiger charge is -2.36. The Bertz CT molecular complexity index is 391. The molecule has 3 N–H and O–H groups in total. The molecule has 0 amide bonds. The molecule has 1 fully saturated rings. The zero-order valence-corrected chi connectivity index (χ0v) is 14.3. The average Bonchev–Trinajstić information content (AvgIpc) is 2.84. The second kappa shape index (κ2) is 8.06. The first-order valence-electron chi connectivity index (χ1n) is 6.41. The second-order valence-corrected chi connectivity index (χ2v) is 5.79. The van der Waals surface area contributed by atoms with E-state index < -0.39 is 5.60 Å². The van der Waals surface area contributed by atoms with Gasteiger partial charge >= 0.3 is 0 Å². The van der Waals surface area contributed by atoms with Crippen LogP contribution < -0.4 is 10.6 Å². The highest BCUT2D eigenvalue weighted by Crippen LogP contribution is 2.30. The fraction of sp³-hybridized carbons (Fsp3) is 0.615. The lowest BCUT2D eigenvalue weighted by atomic mass is 9.80. The number of guanidine groups is 1. The Morgan fingerprint density at radius 1 is 1.47 bits per heavy atom. The highest BCUT2D eigenvalue weighted by atomic mass is 127. The molecule has 0 radical (unpaired) electrons. The molecule has 1 heterocycles. The Labute approximate surface area is 135 Å². The van der Waals surface area contributed by atoms with Crippen LogP contribution in [0.4, 0.5) is 0 Å². The standard InChI is InChI=1S/C13H21N3OS.HI/c1-14-12(16-10-13(17)6-3-7-13)15-8-5-11-4-2-9-18-11;/h2,4,9,17H,3,5-8,10H2,1H3,(H2,14,15,16);1H. The molecule has 1 saturated carbocycles. The second-order valence-electron chi connectivity index (χ2n) is 4.76. The number of thiophene rings is 1. The third-order valence-electron chi connectivity index (χ3n) is 3.34. The first-order valence-corrected chi connectivity index (χ1v) is 7.29. The average molecular weight is 395 g/mol. The molecule has 0 aromatic carbocycles. The van der Waals surface area contributed by atoms with Gasteiger partial charge in [-0.05, 0) is 37.1 Å². The quantitative estimate of drug-likeness (QED) is 0.406. The van der Waals surface area contributed by atoms with Crippen molar-refractivity contribution in [3.63, 3.8) is 0 Å². The molecule has 108 valence electrons. The number of rotatable bonds is 5. The van der Waals surface area contributed by atoms with Gasteiger partial charge in [0.05, 0.1) is 5.60 Å². The van der Waals surface area contributed by atoms with E-state index >= 15 is 0 Å². The van der Waals surface area contributed by atoms with Crippen LogP contribution in [-0.4, -0.2) is 36.8 Å². The lowest BCUT2D eigenvalue weighted by molar-refractivity contribution is -0.0279. The van der Waals surface area contributed by atoms with E-state index in [0.29, 0.717) is 6.54 Å². The summed E-state index contributed by atoms with van der Waals surface area (Å²) in [5, 5.41) is 18.5. The van der Waals surface area contributed by atoms with Crippen molar-refractivity contribution >= 4 is 41.3 Å². The van der Waals surface area contributed by atoms with Crippen molar-refractivity contribution in [3.8, 4) is 0 Å². The van der Waals surface area contributed by atoms with Gasteiger partial charge in [-0.15, -0.1) is 35.3 Å². The van der Waals surface area contributed by atoms with Gasteiger partial charge in [0.1, 0.15) is 0 Å². The molecule has 0 bridgehead atoms. The molecule has 0 saturated heterocycles. The number of hydrogen-bond donors (Lipinski definition) is 3. The van der Waals surface area contributed by atoms with Crippen molar-refractivity contribution in [2.45, 2.75) is 31.3 Å². The van der Waals surface area contributed by atoms with Gasteiger partial charge in [-0.3, -0.25) is 4.99 Å². The van der Waals surface area contributed by atoms with E-state index in [1.807, 2.05) is 0 Å². The van der Waals surface area contributed by atoms with Crippen LogP contribution in [0.15, 0.2) is 22.5 Å². The molecule has 6 heteroatoms. The van der Waals surface area contributed by atoms with Crippen molar-refractivity contribution in [1.82, 2.24) is 10.6 Å².